The average Bonchev–Trinajstić information content (AvgIpc) is 2.68. The Morgan fingerprint density at radius 1 is 1.03 bits per heavy atom. The molecule has 1 aromatic carbocycles. The Morgan fingerprint density at radius 3 is 2.28 bits per heavy atom. The highest BCUT2D eigenvalue weighted by atomic mass is 35.5. The minimum atomic E-state index is -1.19. The zero-order valence-corrected chi connectivity index (χ0v) is 17.3. The van der Waals surface area contributed by atoms with Gasteiger partial charge in [0.25, 0.3) is 11.8 Å². The number of imide groups is 1. The maximum atomic E-state index is 12.1. The van der Waals surface area contributed by atoms with E-state index >= 15 is 0 Å². The molecule has 0 aliphatic heterocycles. The SMILES string of the molecule is C[C@H](NC(=O)c1ccc(Cl)cc1)C(=O)O[C@@H](C)C(=O)NC(=O)NC1CCCCC1. The van der Waals surface area contributed by atoms with E-state index < -0.39 is 36.0 Å². The van der Waals surface area contributed by atoms with E-state index in [-0.39, 0.29) is 6.04 Å². The standard InChI is InChI=1S/C20H26ClN3O5/c1-12(22-18(26)14-8-10-15(21)11-9-14)19(27)29-13(2)17(25)24-20(28)23-16-6-4-3-5-7-16/h8-13,16H,3-7H2,1-2H3,(H,22,26)(H2,23,24,25,28)/t12-,13-/m0/s1. The summed E-state index contributed by atoms with van der Waals surface area (Å²) >= 11 is 5.78. The third-order valence-corrected chi connectivity index (χ3v) is 4.90. The summed E-state index contributed by atoms with van der Waals surface area (Å²) in [6.45, 7) is 2.80. The predicted molar refractivity (Wildman–Crippen MR) is 107 cm³/mol. The predicted octanol–water partition coefficient (Wildman–Crippen LogP) is 2.55. The highest BCUT2D eigenvalue weighted by Crippen LogP contribution is 2.17. The van der Waals surface area contributed by atoms with Crippen LogP contribution in [0.15, 0.2) is 24.3 Å². The van der Waals surface area contributed by atoms with Gasteiger partial charge in [-0.05, 0) is 51.0 Å². The van der Waals surface area contributed by atoms with Gasteiger partial charge in [-0.2, -0.15) is 0 Å². The number of carbonyl (C=O) groups is 4. The lowest BCUT2D eigenvalue weighted by molar-refractivity contribution is -0.155. The normalized spacial score (nSPS) is 16.2. The van der Waals surface area contributed by atoms with Gasteiger partial charge >= 0.3 is 12.0 Å². The van der Waals surface area contributed by atoms with E-state index in [0.29, 0.717) is 10.6 Å². The van der Waals surface area contributed by atoms with Crippen LogP contribution in [-0.4, -0.2) is 42.0 Å². The maximum Gasteiger partial charge on any atom is 0.329 e. The third-order valence-electron chi connectivity index (χ3n) is 4.65. The molecule has 1 saturated carbocycles. The first-order chi connectivity index (χ1) is 13.8. The summed E-state index contributed by atoms with van der Waals surface area (Å²) < 4.78 is 5.05. The van der Waals surface area contributed by atoms with Gasteiger partial charge in [-0.1, -0.05) is 30.9 Å². The molecule has 29 heavy (non-hydrogen) atoms. The van der Waals surface area contributed by atoms with Gasteiger partial charge in [0.15, 0.2) is 6.10 Å². The van der Waals surface area contributed by atoms with E-state index in [2.05, 4.69) is 16.0 Å². The molecule has 2 atom stereocenters. The van der Waals surface area contributed by atoms with Gasteiger partial charge in [0.2, 0.25) is 0 Å². The number of rotatable bonds is 6. The van der Waals surface area contributed by atoms with Crippen molar-refractivity contribution in [3.63, 3.8) is 0 Å². The van der Waals surface area contributed by atoms with Gasteiger partial charge in [0.1, 0.15) is 6.04 Å². The number of benzene rings is 1. The Labute approximate surface area is 174 Å². The molecule has 8 nitrogen and oxygen atoms in total. The topological polar surface area (TPSA) is 114 Å². The maximum absolute atomic E-state index is 12.1. The van der Waals surface area contributed by atoms with Gasteiger partial charge in [0, 0.05) is 16.6 Å². The van der Waals surface area contributed by atoms with Crippen molar-refractivity contribution in [2.75, 3.05) is 0 Å². The summed E-state index contributed by atoms with van der Waals surface area (Å²) in [6.07, 6.45) is 3.83. The fourth-order valence-electron chi connectivity index (χ4n) is 2.95. The Hall–Kier alpha value is -2.61. The molecule has 1 fully saturated rings. The van der Waals surface area contributed by atoms with Crippen LogP contribution in [0.1, 0.15) is 56.3 Å². The van der Waals surface area contributed by atoms with E-state index in [9.17, 15) is 19.2 Å². The van der Waals surface area contributed by atoms with E-state index in [0.717, 1.165) is 32.1 Å². The van der Waals surface area contributed by atoms with Gasteiger partial charge in [-0.15, -0.1) is 0 Å². The van der Waals surface area contributed by atoms with Crippen molar-refractivity contribution in [3.05, 3.63) is 34.9 Å². The smallest absolute Gasteiger partial charge is 0.329 e. The lowest BCUT2D eigenvalue weighted by Gasteiger charge is -2.23. The molecule has 1 aromatic rings. The highest BCUT2D eigenvalue weighted by molar-refractivity contribution is 6.30. The molecule has 0 bridgehead atoms. The number of ether oxygens (including phenoxy) is 1. The molecule has 0 unspecified atom stereocenters. The molecule has 0 saturated heterocycles. The number of amides is 4. The van der Waals surface area contributed by atoms with Crippen molar-refractivity contribution in [3.8, 4) is 0 Å². The highest BCUT2D eigenvalue weighted by Gasteiger charge is 2.25. The molecule has 2 rings (SSSR count). The lowest BCUT2D eigenvalue weighted by Crippen LogP contribution is -2.49. The molecule has 3 N–H and O–H groups in total. The van der Waals surface area contributed by atoms with Gasteiger partial charge < -0.3 is 15.4 Å². The second-order valence-corrected chi connectivity index (χ2v) is 7.52. The Kier molecular flexibility index (Phi) is 8.45. The number of hydrogen-bond donors (Lipinski definition) is 3. The van der Waals surface area contributed by atoms with Gasteiger partial charge in [-0.25, -0.2) is 9.59 Å². The summed E-state index contributed by atoms with van der Waals surface area (Å²) in [5, 5.41) is 7.90. The van der Waals surface area contributed by atoms with Crippen LogP contribution < -0.4 is 16.0 Å². The molecule has 0 spiro atoms. The fourth-order valence-corrected chi connectivity index (χ4v) is 3.08. The van der Waals surface area contributed by atoms with Crippen molar-refractivity contribution in [1.29, 1.82) is 0 Å². The number of esters is 1. The summed E-state index contributed by atoms with van der Waals surface area (Å²) in [5.41, 5.74) is 0.333. The molecular weight excluding hydrogens is 398 g/mol. The molecule has 4 amide bonds. The van der Waals surface area contributed by atoms with E-state index in [1.54, 1.807) is 12.1 Å². The van der Waals surface area contributed by atoms with Crippen molar-refractivity contribution in [1.82, 2.24) is 16.0 Å². The number of halogens is 1. The Morgan fingerprint density at radius 2 is 1.66 bits per heavy atom. The lowest BCUT2D eigenvalue weighted by atomic mass is 9.96. The van der Waals surface area contributed by atoms with Crippen LogP contribution in [0, 0.1) is 0 Å². The summed E-state index contributed by atoms with van der Waals surface area (Å²) in [6, 6.07) is 4.64. The van der Waals surface area contributed by atoms with Crippen LogP contribution in [0.3, 0.4) is 0 Å². The molecule has 0 heterocycles. The quantitative estimate of drug-likeness (QED) is 0.608. The van der Waals surface area contributed by atoms with Crippen molar-refractivity contribution < 1.29 is 23.9 Å². The second kappa shape index (κ2) is 10.8. The zero-order valence-electron chi connectivity index (χ0n) is 16.5. The third kappa shape index (κ3) is 7.38. The second-order valence-electron chi connectivity index (χ2n) is 7.08. The van der Waals surface area contributed by atoms with Crippen molar-refractivity contribution in [2.45, 2.75) is 64.1 Å². The van der Waals surface area contributed by atoms with Crippen molar-refractivity contribution in [2.24, 2.45) is 0 Å². The summed E-state index contributed by atoms with van der Waals surface area (Å²) in [4.78, 5) is 48.3. The van der Waals surface area contributed by atoms with Crippen LogP contribution in [0.4, 0.5) is 4.79 Å². The van der Waals surface area contributed by atoms with E-state index in [1.165, 1.54) is 26.0 Å². The largest absolute Gasteiger partial charge is 0.451 e. The van der Waals surface area contributed by atoms with Crippen LogP contribution >= 0.6 is 11.6 Å². The average molecular weight is 424 g/mol. The zero-order chi connectivity index (χ0) is 21.4. The molecule has 158 valence electrons. The molecule has 1 aliphatic rings. The minimum Gasteiger partial charge on any atom is -0.451 e. The minimum absolute atomic E-state index is 0.0532. The number of carbonyl (C=O) groups excluding carboxylic acids is 4. The first kappa shape index (κ1) is 22.7. The van der Waals surface area contributed by atoms with Gasteiger partial charge in [0.05, 0.1) is 0 Å². The van der Waals surface area contributed by atoms with E-state index in [1.807, 2.05) is 0 Å². The van der Waals surface area contributed by atoms with Crippen LogP contribution in [0.25, 0.3) is 0 Å². The monoisotopic (exact) mass is 423 g/mol. The fraction of sp³-hybridized carbons (Fsp3) is 0.500. The molecule has 1 aliphatic carbocycles. The first-order valence-electron chi connectivity index (χ1n) is 9.64. The molecule has 0 aromatic heterocycles. The van der Waals surface area contributed by atoms with Crippen LogP contribution in [-0.2, 0) is 14.3 Å². The molecule has 9 heteroatoms. The molecule has 0 radical (unpaired) electrons. The number of nitrogens with one attached hydrogen (secondary N) is 3. The van der Waals surface area contributed by atoms with Gasteiger partial charge in [-0.3, -0.25) is 14.9 Å². The van der Waals surface area contributed by atoms with Crippen LogP contribution in [0.5, 0.6) is 0 Å². The van der Waals surface area contributed by atoms with Crippen molar-refractivity contribution >= 4 is 35.4 Å². The first-order valence-corrected chi connectivity index (χ1v) is 10.0. The summed E-state index contributed by atoms with van der Waals surface area (Å²) in [7, 11) is 0. The number of hydrogen-bond acceptors (Lipinski definition) is 5. The summed E-state index contributed by atoms with van der Waals surface area (Å²) in [5.74, 6) is -2.00. The number of urea groups is 1. The molecular formula is C20H26ClN3O5. The van der Waals surface area contributed by atoms with Crippen LogP contribution in [0.2, 0.25) is 5.02 Å². The Bertz CT molecular complexity index is 747. The Balaban J connectivity index is 1.77. The van der Waals surface area contributed by atoms with E-state index in [4.69, 9.17) is 16.3 Å².